The van der Waals surface area contributed by atoms with Gasteiger partial charge in [0.1, 0.15) is 13.3 Å². The largest absolute Gasteiger partial charge is 0.411 e. The lowest BCUT2D eigenvalue weighted by Crippen LogP contribution is -2.21. The fraction of sp³-hybridized carbons (Fsp3) is 0.600. The van der Waals surface area contributed by atoms with Crippen molar-refractivity contribution in [3.8, 4) is 0 Å². The van der Waals surface area contributed by atoms with E-state index in [0.29, 0.717) is 0 Å². The summed E-state index contributed by atoms with van der Waals surface area (Å²) in [7, 11) is 1.79. The SMILES string of the molecule is CNC(C)c1cccn1COCC(F)(F)F. The third kappa shape index (κ3) is 3.86. The monoisotopic (exact) mass is 236 g/mol. The van der Waals surface area contributed by atoms with Crippen LogP contribution in [0.15, 0.2) is 18.3 Å². The molecule has 0 bridgehead atoms. The van der Waals surface area contributed by atoms with Crippen molar-refractivity contribution in [1.29, 1.82) is 0 Å². The molecule has 0 aromatic carbocycles. The smallest absolute Gasteiger partial charge is 0.351 e. The van der Waals surface area contributed by atoms with E-state index in [2.05, 4.69) is 10.1 Å². The first-order valence-electron chi connectivity index (χ1n) is 4.91. The van der Waals surface area contributed by atoms with E-state index in [-0.39, 0.29) is 12.8 Å². The van der Waals surface area contributed by atoms with Crippen LogP contribution in [0.2, 0.25) is 0 Å². The van der Waals surface area contributed by atoms with Gasteiger partial charge in [-0.1, -0.05) is 0 Å². The molecule has 3 nitrogen and oxygen atoms in total. The van der Waals surface area contributed by atoms with Crippen molar-refractivity contribution >= 4 is 0 Å². The second kappa shape index (κ2) is 5.36. The zero-order chi connectivity index (χ0) is 12.2. The topological polar surface area (TPSA) is 26.2 Å². The highest BCUT2D eigenvalue weighted by Crippen LogP contribution is 2.16. The van der Waals surface area contributed by atoms with Crippen molar-refractivity contribution in [3.63, 3.8) is 0 Å². The van der Waals surface area contributed by atoms with Crippen molar-refractivity contribution in [2.75, 3.05) is 13.7 Å². The second-order valence-electron chi connectivity index (χ2n) is 3.51. The van der Waals surface area contributed by atoms with Crippen molar-refractivity contribution in [2.24, 2.45) is 0 Å². The average Bonchev–Trinajstić information content (AvgIpc) is 2.63. The van der Waals surface area contributed by atoms with Gasteiger partial charge < -0.3 is 14.6 Å². The molecule has 1 aromatic rings. The minimum absolute atomic E-state index is 0.0736. The molecule has 0 aliphatic heterocycles. The Kier molecular flexibility index (Phi) is 4.37. The highest BCUT2D eigenvalue weighted by Gasteiger charge is 2.27. The molecule has 0 aliphatic carbocycles. The first kappa shape index (κ1) is 13.1. The van der Waals surface area contributed by atoms with Gasteiger partial charge in [0.25, 0.3) is 0 Å². The quantitative estimate of drug-likeness (QED) is 0.849. The van der Waals surface area contributed by atoms with Crippen molar-refractivity contribution in [3.05, 3.63) is 24.0 Å². The van der Waals surface area contributed by atoms with E-state index in [0.717, 1.165) is 5.69 Å². The molecule has 0 aliphatic rings. The van der Waals surface area contributed by atoms with E-state index in [1.165, 1.54) is 0 Å². The number of rotatable bonds is 5. The molecule has 16 heavy (non-hydrogen) atoms. The van der Waals surface area contributed by atoms with Gasteiger partial charge in [-0.2, -0.15) is 13.2 Å². The van der Waals surface area contributed by atoms with E-state index in [1.807, 2.05) is 13.0 Å². The second-order valence-corrected chi connectivity index (χ2v) is 3.51. The minimum atomic E-state index is -4.28. The number of alkyl halides is 3. The van der Waals surface area contributed by atoms with E-state index in [9.17, 15) is 13.2 Å². The first-order valence-corrected chi connectivity index (χ1v) is 4.91. The molecule has 0 saturated carbocycles. The van der Waals surface area contributed by atoms with Gasteiger partial charge in [0.05, 0.1) is 0 Å². The van der Waals surface area contributed by atoms with Crippen molar-refractivity contribution < 1.29 is 17.9 Å². The van der Waals surface area contributed by atoms with Gasteiger partial charge in [-0.25, -0.2) is 0 Å². The Hall–Kier alpha value is -1.01. The van der Waals surface area contributed by atoms with E-state index in [1.54, 1.807) is 23.9 Å². The van der Waals surface area contributed by atoms with Gasteiger partial charge in [0, 0.05) is 17.9 Å². The molecular weight excluding hydrogens is 221 g/mol. The van der Waals surface area contributed by atoms with Gasteiger partial charge >= 0.3 is 6.18 Å². The van der Waals surface area contributed by atoms with Crippen LogP contribution < -0.4 is 5.32 Å². The summed E-state index contributed by atoms with van der Waals surface area (Å²) in [6.45, 7) is 0.613. The summed E-state index contributed by atoms with van der Waals surface area (Å²) in [6, 6.07) is 3.70. The lowest BCUT2D eigenvalue weighted by Gasteiger charge is -2.15. The van der Waals surface area contributed by atoms with Crippen LogP contribution in [0.3, 0.4) is 0 Å². The molecule has 6 heteroatoms. The predicted octanol–water partition coefficient (Wildman–Crippen LogP) is 2.30. The van der Waals surface area contributed by atoms with E-state index >= 15 is 0 Å². The molecule has 1 heterocycles. The van der Waals surface area contributed by atoms with Gasteiger partial charge in [-0.15, -0.1) is 0 Å². The molecule has 0 saturated heterocycles. The number of hydrogen-bond acceptors (Lipinski definition) is 2. The van der Waals surface area contributed by atoms with E-state index < -0.39 is 12.8 Å². The maximum atomic E-state index is 11.9. The van der Waals surface area contributed by atoms with Crippen LogP contribution in [0.5, 0.6) is 0 Å². The van der Waals surface area contributed by atoms with Gasteiger partial charge in [0.2, 0.25) is 0 Å². The summed E-state index contributed by atoms with van der Waals surface area (Å²) in [5.41, 5.74) is 0.893. The Labute approximate surface area is 92.2 Å². The number of nitrogens with zero attached hydrogens (tertiary/aromatic N) is 1. The molecule has 0 spiro atoms. The Bertz CT molecular complexity index is 322. The number of hydrogen-bond donors (Lipinski definition) is 1. The summed E-state index contributed by atoms with van der Waals surface area (Å²) in [6.07, 6.45) is -2.58. The van der Waals surface area contributed by atoms with Crippen molar-refractivity contribution in [2.45, 2.75) is 25.9 Å². The van der Waals surface area contributed by atoms with Crippen LogP contribution in [0.25, 0.3) is 0 Å². The van der Waals surface area contributed by atoms with E-state index in [4.69, 9.17) is 0 Å². The van der Waals surface area contributed by atoms with Gasteiger partial charge in [-0.3, -0.25) is 0 Å². The molecule has 0 radical (unpaired) electrons. The molecule has 0 fully saturated rings. The van der Waals surface area contributed by atoms with Gasteiger partial charge in [0.15, 0.2) is 0 Å². The first-order chi connectivity index (χ1) is 7.44. The number of halogens is 3. The van der Waals surface area contributed by atoms with Crippen LogP contribution in [0.1, 0.15) is 18.7 Å². The highest BCUT2D eigenvalue weighted by atomic mass is 19.4. The third-order valence-electron chi connectivity index (χ3n) is 2.24. The number of ether oxygens (including phenoxy) is 1. The Morgan fingerprint density at radius 3 is 2.75 bits per heavy atom. The summed E-state index contributed by atoms with van der Waals surface area (Å²) in [5.74, 6) is 0. The predicted molar refractivity (Wildman–Crippen MR) is 53.9 cm³/mol. The lowest BCUT2D eigenvalue weighted by molar-refractivity contribution is -0.182. The molecule has 92 valence electrons. The normalized spacial score (nSPS) is 14.1. The van der Waals surface area contributed by atoms with Crippen LogP contribution in [0, 0.1) is 0 Å². The summed E-state index contributed by atoms with van der Waals surface area (Å²) in [4.78, 5) is 0. The molecule has 1 rings (SSSR count). The van der Waals surface area contributed by atoms with Crippen LogP contribution in [0.4, 0.5) is 13.2 Å². The van der Waals surface area contributed by atoms with Crippen LogP contribution in [-0.2, 0) is 11.5 Å². The Morgan fingerprint density at radius 2 is 2.19 bits per heavy atom. The van der Waals surface area contributed by atoms with Gasteiger partial charge in [-0.05, 0) is 26.1 Å². The van der Waals surface area contributed by atoms with Crippen molar-refractivity contribution in [1.82, 2.24) is 9.88 Å². The minimum Gasteiger partial charge on any atom is -0.351 e. The molecule has 1 N–H and O–H groups in total. The number of nitrogens with one attached hydrogen (secondary N) is 1. The molecule has 1 aromatic heterocycles. The average molecular weight is 236 g/mol. The zero-order valence-corrected chi connectivity index (χ0v) is 9.21. The maximum absolute atomic E-state index is 11.9. The summed E-state index contributed by atoms with van der Waals surface area (Å²) < 4.78 is 41.8. The molecule has 1 atom stereocenters. The lowest BCUT2D eigenvalue weighted by atomic mass is 10.2. The standard InChI is InChI=1S/C10H15F3N2O/c1-8(14-2)9-4-3-5-15(9)7-16-6-10(11,12)13/h3-5,8,14H,6-7H2,1-2H3. The number of aromatic nitrogens is 1. The molecular formula is C10H15F3N2O. The highest BCUT2D eigenvalue weighted by molar-refractivity contribution is 5.10. The summed E-state index contributed by atoms with van der Waals surface area (Å²) >= 11 is 0. The molecule has 0 amide bonds. The fourth-order valence-electron chi connectivity index (χ4n) is 1.35. The Morgan fingerprint density at radius 1 is 1.50 bits per heavy atom. The maximum Gasteiger partial charge on any atom is 0.411 e. The fourth-order valence-corrected chi connectivity index (χ4v) is 1.35. The third-order valence-corrected chi connectivity index (χ3v) is 2.24. The molecule has 1 unspecified atom stereocenters. The Balaban J connectivity index is 2.51. The van der Waals surface area contributed by atoms with Crippen LogP contribution >= 0.6 is 0 Å². The zero-order valence-electron chi connectivity index (χ0n) is 9.21. The summed E-state index contributed by atoms with van der Waals surface area (Å²) in [5, 5.41) is 3.02. The van der Waals surface area contributed by atoms with Crippen LogP contribution in [-0.4, -0.2) is 24.4 Å².